The van der Waals surface area contributed by atoms with Gasteiger partial charge in [0.25, 0.3) is 5.91 Å². The summed E-state index contributed by atoms with van der Waals surface area (Å²) in [6.07, 6.45) is -0.425. The van der Waals surface area contributed by atoms with Crippen molar-refractivity contribution in [1.29, 1.82) is 0 Å². The average Bonchev–Trinajstić information content (AvgIpc) is 3.50. The maximum Gasteiger partial charge on any atom is 0.417 e. The van der Waals surface area contributed by atoms with E-state index in [1.54, 1.807) is 44.2 Å². The van der Waals surface area contributed by atoms with Gasteiger partial charge in [-0.25, -0.2) is 14.5 Å². The summed E-state index contributed by atoms with van der Waals surface area (Å²) in [5.74, 6) is -4.05. The van der Waals surface area contributed by atoms with Gasteiger partial charge in [0.15, 0.2) is 12.1 Å². The number of nitrogens with one attached hydrogen (secondary N) is 1. The first kappa shape index (κ1) is 36.1. The van der Waals surface area contributed by atoms with E-state index in [0.717, 1.165) is 12.0 Å². The number of aldehydes is 1. The normalized spacial score (nSPS) is 16.5. The predicted octanol–water partition coefficient (Wildman–Crippen LogP) is 1.75. The van der Waals surface area contributed by atoms with Gasteiger partial charge in [-0.05, 0) is 43.1 Å². The smallest absolute Gasteiger partial charge is 0.417 e. The number of benzene rings is 1. The molecule has 1 heterocycles. The number of rotatable bonds is 15. The average molecular weight is 617 g/mol. The van der Waals surface area contributed by atoms with Crippen LogP contribution in [-0.4, -0.2) is 89.5 Å². The van der Waals surface area contributed by atoms with Crippen molar-refractivity contribution in [2.75, 3.05) is 13.7 Å². The third kappa shape index (κ3) is 9.97. The first-order valence-electron chi connectivity index (χ1n) is 14.8. The number of nitrogens with two attached hydrogens (primary N) is 1. The number of ketones is 1. The summed E-state index contributed by atoms with van der Waals surface area (Å²) < 4.78 is 10.4. The molecule has 4 atom stereocenters. The monoisotopic (exact) mass is 616 g/mol. The fraction of sp³-hybridized carbons (Fsp3) is 0.581. The molecule has 0 radical (unpaired) electrons. The van der Waals surface area contributed by atoms with E-state index in [0.29, 0.717) is 12.0 Å². The molecule has 44 heavy (non-hydrogen) atoms. The van der Waals surface area contributed by atoms with Crippen LogP contribution in [0.4, 0.5) is 4.79 Å². The van der Waals surface area contributed by atoms with Crippen molar-refractivity contribution >= 4 is 41.9 Å². The number of imide groups is 1. The van der Waals surface area contributed by atoms with Gasteiger partial charge >= 0.3 is 12.1 Å². The molecule has 2 rings (SSSR count). The van der Waals surface area contributed by atoms with Crippen LogP contribution < -0.4 is 11.1 Å². The Labute approximate surface area is 257 Å². The molecule has 0 saturated carbocycles. The Kier molecular flexibility index (Phi) is 14.1. The topological polar surface area (TPSA) is 182 Å². The zero-order chi connectivity index (χ0) is 33.0. The highest BCUT2D eigenvalue weighted by Gasteiger charge is 2.46. The Morgan fingerprint density at radius 2 is 1.75 bits per heavy atom. The van der Waals surface area contributed by atoms with E-state index in [2.05, 4.69) is 5.32 Å². The number of carbonyl (C=O) groups is 7. The van der Waals surface area contributed by atoms with E-state index in [4.69, 9.17) is 15.2 Å². The van der Waals surface area contributed by atoms with Crippen LogP contribution in [0.15, 0.2) is 30.3 Å². The molecule has 0 spiro atoms. The predicted molar refractivity (Wildman–Crippen MR) is 159 cm³/mol. The third-order valence-corrected chi connectivity index (χ3v) is 7.34. The Bertz CT molecular complexity index is 1190. The summed E-state index contributed by atoms with van der Waals surface area (Å²) in [7, 11) is 1.16. The van der Waals surface area contributed by atoms with E-state index in [-0.39, 0.29) is 51.0 Å². The van der Waals surface area contributed by atoms with Gasteiger partial charge in [-0.2, -0.15) is 0 Å². The first-order chi connectivity index (χ1) is 20.8. The van der Waals surface area contributed by atoms with Crippen LogP contribution in [0.5, 0.6) is 0 Å². The zero-order valence-corrected chi connectivity index (χ0v) is 26.0. The van der Waals surface area contributed by atoms with Crippen LogP contribution in [0.2, 0.25) is 0 Å². The molecule has 1 aliphatic heterocycles. The molecule has 1 aromatic rings. The molecular weight excluding hydrogens is 572 g/mol. The molecule has 1 fully saturated rings. The lowest BCUT2D eigenvalue weighted by atomic mass is 10.00. The highest BCUT2D eigenvalue weighted by molar-refractivity contribution is 6.24. The number of nitrogens with zero attached hydrogens (tertiary/aromatic N) is 2. The molecule has 0 aromatic heterocycles. The van der Waals surface area contributed by atoms with Gasteiger partial charge in [-0.3, -0.25) is 24.0 Å². The molecular formula is C31H44N4O9. The fourth-order valence-electron chi connectivity index (χ4n) is 4.94. The van der Waals surface area contributed by atoms with Crippen LogP contribution in [0.25, 0.3) is 0 Å². The standard InChI is InChI=1S/C31H44N4O9/c1-19(2)16-25(30(41)43-5)35(31(42)44-18-21-10-7-6-8-11-21)28(39)24-12-9-15-34(24)29(40)26(20(3)4)33-27(38)23(32)14-13-22(37)17-36/h6-8,10-11,17,19-20,23-26H,9,12-16,18,32H2,1-5H3,(H,33,38)/t23?,24-,25-,26-/m0/s1. The van der Waals surface area contributed by atoms with Crippen molar-refractivity contribution < 1.29 is 43.0 Å². The van der Waals surface area contributed by atoms with Gasteiger partial charge < -0.3 is 25.4 Å². The molecule has 0 aliphatic carbocycles. The lowest BCUT2D eigenvalue weighted by Gasteiger charge is -2.35. The van der Waals surface area contributed by atoms with Gasteiger partial charge in [0.05, 0.1) is 13.2 Å². The molecule has 1 aliphatic rings. The van der Waals surface area contributed by atoms with Gasteiger partial charge in [-0.15, -0.1) is 0 Å². The Balaban J connectivity index is 2.34. The minimum Gasteiger partial charge on any atom is -0.467 e. The molecule has 3 N–H and O–H groups in total. The summed E-state index contributed by atoms with van der Waals surface area (Å²) in [4.78, 5) is 91.1. The van der Waals surface area contributed by atoms with E-state index in [9.17, 15) is 33.6 Å². The summed E-state index contributed by atoms with van der Waals surface area (Å²) >= 11 is 0. The first-order valence-corrected chi connectivity index (χ1v) is 14.8. The lowest BCUT2D eigenvalue weighted by molar-refractivity contribution is -0.155. The number of esters is 1. The molecule has 13 heteroatoms. The van der Waals surface area contributed by atoms with Gasteiger partial charge in [0.2, 0.25) is 11.8 Å². The van der Waals surface area contributed by atoms with Crippen molar-refractivity contribution in [3.05, 3.63) is 35.9 Å². The van der Waals surface area contributed by atoms with Gasteiger partial charge in [0.1, 0.15) is 24.7 Å². The molecule has 1 saturated heterocycles. The summed E-state index contributed by atoms with van der Waals surface area (Å²) in [5.41, 5.74) is 6.57. The SMILES string of the molecule is COC(=O)[C@H](CC(C)C)N(C(=O)OCc1ccccc1)C(=O)[C@@H]1CCCN1C(=O)[C@@H](NC(=O)C(N)CCC(=O)C=O)C(C)C. The Morgan fingerprint density at radius 1 is 1.09 bits per heavy atom. The van der Waals surface area contributed by atoms with Crippen LogP contribution >= 0.6 is 0 Å². The number of carbonyl (C=O) groups excluding carboxylic acids is 7. The molecule has 4 amide bonds. The highest BCUT2D eigenvalue weighted by Crippen LogP contribution is 2.25. The van der Waals surface area contributed by atoms with Crippen molar-refractivity contribution in [3.63, 3.8) is 0 Å². The quantitative estimate of drug-likeness (QED) is 0.167. The number of hydrogen-bond acceptors (Lipinski definition) is 10. The minimum atomic E-state index is -1.29. The van der Waals surface area contributed by atoms with Crippen LogP contribution in [0.3, 0.4) is 0 Å². The second-order valence-corrected chi connectivity index (χ2v) is 11.6. The zero-order valence-electron chi connectivity index (χ0n) is 26.0. The molecule has 1 aromatic carbocycles. The maximum atomic E-state index is 14.1. The van der Waals surface area contributed by atoms with E-state index >= 15 is 0 Å². The van der Waals surface area contributed by atoms with Crippen molar-refractivity contribution in [3.8, 4) is 0 Å². The van der Waals surface area contributed by atoms with Crippen LogP contribution in [0.1, 0.15) is 65.4 Å². The van der Waals surface area contributed by atoms with Gasteiger partial charge in [0, 0.05) is 13.0 Å². The molecule has 242 valence electrons. The van der Waals surface area contributed by atoms with E-state index in [1.165, 1.54) is 4.90 Å². The number of ether oxygens (including phenoxy) is 2. The molecule has 0 bridgehead atoms. The summed E-state index contributed by atoms with van der Waals surface area (Å²) in [6.45, 7) is 7.10. The number of Topliss-reactive ketones (excluding diaryl/α,β-unsaturated/α-hetero) is 1. The largest absolute Gasteiger partial charge is 0.467 e. The summed E-state index contributed by atoms with van der Waals surface area (Å²) in [5, 5.41) is 2.62. The molecule has 1 unspecified atom stereocenters. The highest BCUT2D eigenvalue weighted by atomic mass is 16.6. The summed E-state index contributed by atoms with van der Waals surface area (Å²) in [6, 6.07) is 4.22. The number of likely N-dealkylation sites (tertiary alicyclic amines) is 1. The number of amides is 4. The van der Waals surface area contributed by atoms with E-state index in [1.807, 2.05) is 13.8 Å². The third-order valence-electron chi connectivity index (χ3n) is 7.34. The van der Waals surface area contributed by atoms with E-state index < -0.39 is 65.7 Å². The van der Waals surface area contributed by atoms with Crippen molar-refractivity contribution in [2.24, 2.45) is 17.6 Å². The lowest BCUT2D eigenvalue weighted by Crippen LogP contribution is -2.59. The fourth-order valence-corrected chi connectivity index (χ4v) is 4.94. The van der Waals surface area contributed by atoms with Crippen molar-refractivity contribution in [2.45, 2.75) is 90.6 Å². The van der Waals surface area contributed by atoms with Crippen LogP contribution in [0, 0.1) is 11.8 Å². The Hall–Kier alpha value is -4.13. The molecule has 13 nitrogen and oxygen atoms in total. The minimum absolute atomic E-state index is 0.0853. The maximum absolute atomic E-state index is 14.1. The number of hydrogen-bond donors (Lipinski definition) is 2. The van der Waals surface area contributed by atoms with Crippen LogP contribution in [-0.2, 0) is 44.8 Å². The number of methoxy groups -OCH3 is 1. The Morgan fingerprint density at radius 3 is 2.32 bits per heavy atom. The second-order valence-electron chi connectivity index (χ2n) is 11.6. The van der Waals surface area contributed by atoms with Crippen molar-refractivity contribution in [1.82, 2.24) is 15.1 Å². The van der Waals surface area contributed by atoms with Gasteiger partial charge in [-0.1, -0.05) is 58.0 Å². The second kappa shape index (κ2) is 17.2.